The molecule has 23 heavy (non-hydrogen) atoms. The van der Waals surface area contributed by atoms with Gasteiger partial charge >= 0.3 is 0 Å². The van der Waals surface area contributed by atoms with Crippen LogP contribution in [0.25, 0.3) is 0 Å². The summed E-state index contributed by atoms with van der Waals surface area (Å²) in [5, 5.41) is 8.80. The second-order valence-electron chi connectivity index (χ2n) is 6.75. The van der Waals surface area contributed by atoms with Crippen molar-refractivity contribution in [2.75, 3.05) is 46.4 Å². The zero-order valence-corrected chi connectivity index (χ0v) is 13.6. The molecule has 0 N–H and O–H groups in total. The molecule has 2 saturated heterocycles. The Morgan fingerprint density at radius 3 is 2.70 bits per heavy atom. The SMILES string of the molecule is COCCN1CCC2(C1)CN(C(=O)Cc1ccc(C#N)cc1)C2. The van der Waals surface area contributed by atoms with E-state index in [1.54, 1.807) is 19.2 Å². The minimum atomic E-state index is 0.190. The van der Waals surface area contributed by atoms with Crippen LogP contribution in [0, 0.1) is 16.7 Å². The number of likely N-dealkylation sites (tertiary alicyclic amines) is 2. The molecule has 5 nitrogen and oxygen atoms in total. The van der Waals surface area contributed by atoms with Crippen LogP contribution >= 0.6 is 0 Å². The van der Waals surface area contributed by atoms with Crippen molar-refractivity contribution in [2.24, 2.45) is 5.41 Å². The summed E-state index contributed by atoms with van der Waals surface area (Å²) in [5.41, 5.74) is 1.92. The lowest BCUT2D eigenvalue weighted by Gasteiger charge is -2.48. The molecule has 2 aliphatic heterocycles. The summed E-state index contributed by atoms with van der Waals surface area (Å²) in [6.45, 7) is 5.71. The topological polar surface area (TPSA) is 56.6 Å². The van der Waals surface area contributed by atoms with Gasteiger partial charge in [-0.2, -0.15) is 5.26 Å². The predicted octanol–water partition coefficient (Wildman–Crippen LogP) is 1.28. The van der Waals surface area contributed by atoms with Crippen LogP contribution in [0.4, 0.5) is 0 Å². The fraction of sp³-hybridized carbons (Fsp3) is 0.556. The van der Waals surface area contributed by atoms with E-state index in [2.05, 4.69) is 11.0 Å². The highest BCUT2D eigenvalue weighted by atomic mass is 16.5. The molecule has 2 aliphatic rings. The number of amides is 1. The molecule has 0 aliphatic carbocycles. The predicted molar refractivity (Wildman–Crippen MR) is 86.8 cm³/mol. The molecule has 122 valence electrons. The van der Waals surface area contributed by atoms with Crippen LogP contribution < -0.4 is 0 Å². The largest absolute Gasteiger partial charge is 0.383 e. The Bertz CT molecular complexity index is 600. The summed E-state index contributed by atoms with van der Waals surface area (Å²) >= 11 is 0. The van der Waals surface area contributed by atoms with Crippen LogP contribution in [-0.4, -0.2) is 62.1 Å². The lowest BCUT2D eigenvalue weighted by Crippen LogP contribution is -2.59. The number of benzene rings is 1. The number of hydrogen-bond acceptors (Lipinski definition) is 4. The van der Waals surface area contributed by atoms with E-state index in [-0.39, 0.29) is 5.91 Å². The summed E-state index contributed by atoms with van der Waals surface area (Å²) in [6, 6.07) is 9.37. The number of carbonyl (C=O) groups is 1. The zero-order valence-electron chi connectivity index (χ0n) is 13.6. The first-order valence-electron chi connectivity index (χ1n) is 8.12. The third kappa shape index (κ3) is 3.54. The van der Waals surface area contributed by atoms with Crippen LogP contribution in [-0.2, 0) is 16.0 Å². The molecule has 2 fully saturated rings. The Morgan fingerprint density at radius 2 is 2.04 bits per heavy atom. The van der Waals surface area contributed by atoms with Crippen LogP contribution in [0.3, 0.4) is 0 Å². The minimum Gasteiger partial charge on any atom is -0.383 e. The van der Waals surface area contributed by atoms with Crippen molar-refractivity contribution >= 4 is 5.91 Å². The van der Waals surface area contributed by atoms with E-state index in [4.69, 9.17) is 10.00 Å². The van der Waals surface area contributed by atoms with E-state index >= 15 is 0 Å². The molecular formula is C18H23N3O2. The second-order valence-corrected chi connectivity index (χ2v) is 6.75. The van der Waals surface area contributed by atoms with Crippen LogP contribution in [0.2, 0.25) is 0 Å². The zero-order chi connectivity index (χ0) is 16.3. The number of nitriles is 1. The van der Waals surface area contributed by atoms with E-state index < -0.39 is 0 Å². The van der Waals surface area contributed by atoms with Crippen LogP contribution in [0.1, 0.15) is 17.5 Å². The molecule has 1 aromatic carbocycles. The van der Waals surface area contributed by atoms with E-state index in [9.17, 15) is 4.79 Å². The Morgan fingerprint density at radius 1 is 1.30 bits per heavy atom. The molecule has 0 saturated carbocycles. The Kier molecular flexibility index (Phi) is 4.65. The van der Waals surface area contributed by atoms with Gasteiger partial charge in [-0.15, -0.1) is 0 Å². The van der Waals surface area contributed by atoms with Gasteiger partial charge in [0.1, 0.15) is 0 Å². The van der Waals surface area contributed by atoms with E-state index in [1.165, 1.54) is 6.42 Å². The van der Waals surface area contributed by atoms with Gasteiger partial charge in [0, 0.05) is 38.7 Å². The van der Waals surface area contributed by atoms with Gasteiger partial charge in [0.2, 0.25) is 5.91 Å². The first-order chi connectivity index (χ1) is 11.1. The number of ether oxygens (including phenoxy) is 1. The van der Waals surface area contributed by atoms with Gasteiger partial charge < -0.3 is 14.5 Å². The molecular weight excluding hydrogens is 290 g/mol. The van der Waals surface area contributed by atoms with Crippen molar-refractivity contribution in [3.8, 4) is 6.07 Å². The number of rotatable bonds is 5. The maximum atomic E-state index is 12.4. The van der Waals surface area contributed by atoms with Crippen molar-refractivity contribution in [3.63, 3.8) is 0 Å². The standard InChI is InChI=1S/C18H23N3O2/c1-23-9-8-20-7-6-18(12-20)13-21(14-18)17(22)10-15-2-4-16(11-19)5-3-15/h2-5H,6-10,12-14H2,1H3. The van der Waals surface area contributed by atoms with Crippen molar-refractivity contribution in [3.05, 3.63) is 35.4 Å². The lowest BCUT2D eigenvalue weighted by atomic mass is 9.79. The maximum absolute atomic E-state index is 12.4. The first-order valence-corrected chi connectivity index (χ1v) is 8.12. The molecule has 2 heterocycles. The molecule has 1 amide bonds. The highest BCUT2D eigenvalue weighted by Crippen LogP contribution is 2.39. The Hall–Kier alpha value is -1.90. The molecule has 0 radical (unpaired) electrons. The van der Waals surface area contributed by atoms with Crippen LogP contribution in [0.5, 0.6) is 0 Å². The van der Waals surface area contributed by atoms with Gasteiger partial charge in [-0.05, 0) is 30.7 Å². The van der Waals surface area contributed by atoms with Crippen molar-refractivity contribution in [1.82, 2.24) is 9.80 Å². The monoisotopic (exact) mass is 313 g/mol. The van der Waals surface area contributed by atoms with Gasteiger partial charge in [-0.1, -0.05) is 12.1 Å². The van der Waals surface area contributed by atoms with Gasteiger partial charge in [0.15, 0.2) is 0 Å². The molecule has 0 unspecified atom stereocenters. The Labute approximate surface area is 137 Å². The smallest absolute Gasteiger partial charge is 0.227 e. The summed E-state index contributed by atoms with van der Waals surface area (Å²) in [6.07, 6.45) is 1.60. The normalized spacial score (nSPS) is 19.6. The molecule has 0 aromatic heterocycles. The first kappa shape index (κ1) is 16.0. The van der Waals surface area contributed by atoms with E-state index in [0.29, 0.717) is 17.4 Å². The third-order valence-electron chi connectivity index (χ3n) is 4.97. The molecule has 0 bridgehead atoms. The molecule has 5 heteroatoms. The minimum absolute atomic E-state index is 0.190. The highest BCUT2D eigenvalue weighted by molar-refractivity contribution is 5.79. The molecule has 3 rings (SSSR count). The summed E-state index contributed by atoms with van der Waals surface area (Å²) in [5.74, 6) is 0.190. The van der Waals surface area contributed by atoms with E-state index in [0.717, 1.165) is 44.9 Å². The molecule has 0 atom stereocenters. The second kappa shape index (κ2) is 6.69. The lowest BCUT2D eigenvalue weighted by molar-refractivity contribution is -0.141. The molecule has 1 aromatic rings. The fourth-order valence-corrected chi connectivity index (χ4v) is 3.62. The number of carbonyl (C=O) groups excluding carboxylic acids is 1. The van der Waals surface area contributed by atoms with Gasteiger partial charge in [0.25, 0.3) is 0 Å². The number of hydrogen-bond donors (Lipinski definition) is 0. The van der Waals surface area contributed by atoms with Gasteiger partial charge in [-0.25, -0.2) is 0 Å². The quantitative estimate of drug-likeness (QED) is 0.822. The van der Waals surface area contributed by atoms with Crippen molar-refractivity contribution in [1.29, 1.82) is 5.26 Å². The molecule has 1 spiro atoms. The summed E-state index contributed by atoms with van der Waals surface area (Å²) in [4.78, 5) is 16.8. The summed E-state index contributed by atoms with van der Waals surface area (Å²) < 4.78 is 5.14. The maximum Gasteiger partial charge on any atom is 0.227 e. The van der Waals surface area contributed by atoms with Crippen molar-refractivity contribution in [2.45, 2.75) is 12.8 Å². The van der Waals surface area contributed by atoms with Crippen LogP contribution in [0.15, 0.2) is 24.3 Å². The summed E-state index contributed by atoms with van der Waals surface area (Å²) in [7, 11) is 1.73. The highest BCUT2D eigenvalue weighted by Gasteiger charge is 2.48. The number of methoxy groups -OCH3 is 1. The van der Waals surface area contributed by atoms with E-state index in [1.807, 2.05) is 17.0 Å². The third-order valence-corrected chi connectivity index (χ3v) is 4.97. The van der Waals surface area contributed by atoms with Gasteiger partial charge in [-0.3, -0.25) is 4.79 Å². The fourth-order valence-electron chi connectivity index (χ4n) is 3.62. The average Bonchev–Trinajstić information content (AvgIpc) is 2.97. The Balaban J connectivity index is 1.47. The van der Waals surface area contributed by atoms with Gasteiger partial charge in [0.05, 0.1) is 24.7 Å². The number of nitrogens with zero attached hydrogens (tertiary/aromatic N) is 3. The van der Waals surface area contributed by atoms with Crippen molar-refractivity contribution < 1.29 is 9.53 Å². The average molecular weight is 313 g/mol.